The van der Waals surface area contributed by atoms with E-state index in [1.54, 1.807) is 0 Å². The fourth-order valence-corrected chi connectivity index (χ4v) is 7.42. The number of nitrogens with zero attached hydrogens (tertiary/aromatic N) is 4. The average molecular weight is 587 g/mol. The molecule has 4 aromatic heterocycles. The van der Waals surface area contributed by atoms with Gasteiger partial charge in [0, 0.05) is 67.2 Å². The monoisotopic (exact) mass is 586 g/mol. The van der Waals surface area contributed by atoms with Crippen molar-refractivity contribution in [3.63, 3.8) is 0 Å². The Bertz CT molecular complexity index is 2690. The van der Waals surface area contributed by atoms with E-state index in [-0.39, 0.29) is 0 Å². The smallest absolute Gasteiger partial charge is 0.0797 e. The molecule has 6 aromatic carbocycles. The lowest BCUT2D eigenvalue weighted by molar-refractivity contribution is 1.26. The van der Waals surface area contributed by atoms with Crippen LogP contribution in [0.2, 0.25) is 0 Å². The summed E-state index contributed by atoms with van der Waals surface area (Å²) in [6.45, 7) is 4.24. The molecule has 0 saturated heterocycles. The highest BCUT2D eigenvalue weighted by Crippen LogP contribution is 2.43. The fraction of sp³-hybridized carbons (Fsp3) is 0.0476. The van der Waals surface area contributed by atoms with Gasteiger partial charge >= 0.3 is 0 Å². The van der Waals surface area contributed by atoms with E-state index < -0.39 is 0 Å². The van der Waals surface area contributed by atoms with E-state index in [2.05, 4.69) is 121 Å². The van der Waals surface area contributed by atoms with Crippen LogP contribution in [0, 0.1) is 13.8 Å². The third-order valence-electron chi connectivity index (χ3n) is 9.69. The van der Waals surface area contributed by atoms with Crippen LogP contribution in [0.5, 0.6) is 0 Å². The number of benzene rings is 6. The molecule has 4 heteroatoms. The molecule has 4 heterocycles. The molecule has 214 valence electrons. The normalized spacial score (nSPS) is 12.1. The fourth-order valence-electron chi connectivity index (χ4n) is 7.42. The van der Waals surface area contributed by atoms with Crippen LogP contribution in [0.15, 0.2) is 122 Å². The lowest BCUT2D eigenvalue weighted by Gasteiger charge is -2.18. The summed E-state index contributed by atoms with van der Waals surface area (Å²) in [5.41, 5.74) is 10.6. The highest BCUT2D eigenvalue weighted by Gasteiger charge is 2.20. The van der Waals surface area contributed by atoms with E-state index in [9.17, 15) is 0 Å². The molecule has 0 saturated carbocycles. The van der Waals surface area contributed by atoms with E-state index in [1.165, 1.54) is 32.3 Å². The Labute approximate surface area is 264 Å². The summed E-state index contributed by atoms with van der Waals surface area (Å²) in [6, 6.07) is 39.3. The van der Waals surface area contributed by atoms with Crippen molar-refractivity contribution in [2.24, 2.45) is 0 Å². The van der Waals surface area contributed by atoms with E-state index in [0.29, 0.717) is 0 Å². The summed E-state index contributed by atoms with van der Waals surface area (Å²) in [5.74, 6) is 0. The van der Waals surface area contributed by atoms with Crippen LogP contribution in [-0.4, -0.2) is 19.9 Å². The molecule has 0 fully saturated rings. The zero-order valence-corrected chi connectivity index (χ0v) is 25.3. The van der Waals surface area contributed by atoms with E-state index >= 15 is 0 Å². The summed E-state index contributed by atoms with van der Waals surface area (Å²) < 4.78 is 0. The second-order valence-corrected chi connectivity index (χ2v) is 12.4. The molecular formula is C42H26N4. The summed E-state index contributed by atoms with van der Waals surface area (Å²) in [6.07, 6.45) is 3.70. The van der Waals surface area contributed by atoms with E-state index in [1.807, 2.05) is 24.5 Å². The minimum atomic E-state index is 1.00. The van der Waals surface area contributed by atoms with Crippen molar-refractivity contribution in [3.8, 4) is 22.3 Å². The molecule has 0 unspecified atom stereocenters. The number of aryl methyl sites for hydroxylation is 2. The van der Waals surface area contributed by atoms with Crippen LogP contribution < -0.4 is 0 Å². The van der Waals surface area contributed by atoms with Gasteiger partial charge in [-0.05, 0) is 95.1 Å². The zero-order valence-electron chi connectivity index (χ0n) is 25.3. The first-order chi connectivity index (χ1) is 22.6. The molecule has 0 bridgehead atoms. The second kappa shape index (κ2) is 9.26. The van der Waals surface area contributed by atoms with Gasteiger partial charge in [0.1, 0.15) is 0 Å². The van der Waals surface area contributed by atoms with Crippen molar-refractivity contribution in [1.82, 2.24) is 19.9 Å². The van der Waals surface area contributed by atoms with Gasteiger partial charge in [-0.1, -0.05) is 60.7 Å². The molecule has 0 aliphatic heterocycles. The van der Waals surface area contributed by atoms with Crippen molar-refractivity contribution in [2.75, 3.05) is 0 Å². The van der Waals surface area contributed by atoms with Crippen molar-refractivity contribution in [2.45, 2.75) is 13.8 Å². The first-order valence-corrected chi connectivity index (χ1v) is 15.6. The Morgan fingerprint density at radius 1 is 0.413 bits per heavy atom. The quantitative estimate of drug-likeness (QED) is 0.149. The molecule has 0 aliphatic rings. The lowest BCUT2D eigenvalue weighted by Crippen LogP contribution is -1.98. The lowest BCUT2D eigenvalue weighted by atomic mass is 9.90. The van der Waals surface area contributed by atoms with E-state index in [4.69, 9.17) is 9.97 Å². The molecule has 0 spiro atoms. The average Bonchev–Trinajstić information content (AvgIpc) is 3.09. The Kier molecular flexibility index (Phi) is 5.10. The summed E-state index contributed by atoms with van der Waals surface area (Å²) in [5, 5.41) is 11.7. The summed E-state index contributed by atoms with van der Waals surface area (Å²) in [4.78, 5) is 19.7. The van der Waals surface area contributed by atoms with Gasteiger partial charge in [-0.3, -0.25) is 19.9 Å². The standard InChI is InChI=1S/C42H26N4/c1-23-34-12-14-36(28-9-7-25-17-29-5-3-16-44-38(29)22-32(25)19-28)42-40(34)39-33(24(2)46-42)11-13-35(41(39)45-23)27-10-8-26-21-37-30(6-4-15-43-37)20-31(26)18-27/h3-22H,1-2H3. The SMILES string of the molecule is Cc1nc2c(-c3ccc4cc5cccnc5cc4c3)ccc3c(C)nc4c(-c5ccc6cc7ncccc7cc6c5)ccc1c4c32. The number of hydrogen-bond donors (Lipinski definition) is 0. The number of fused-ring (bicyclic) bond motifs is 4. The molecule has 10 aromatic rings. The van der Waals surface area contributed by atoms with Crippen molar-refractivity contribution < 1.29 is 0 Å². The van der Waals surface area contributed by atoms with Crippen LogP contribution in [0.3, 0.4) is 0 Å². The van der Waals surface area contributed by atoms with Gasteiger partial charge < -0.3 is 0 Å². The van der Waals surface area contributed by atoms with Crippen LogP contribution in [0.1, 0.15) is 11.4 Å². The van der Waals surface area contributed by atoms with Gasteiger partial charge in [-0.2, -0.15) is 0 Å². The largest absolute Gasteiger partial charge is 0.256 e. The van der Waals surface area contributed by atoms with Gasteiger partial charge in [0.25, 0.3) is 0 Å². The number of aromatic nitrogens is 4. The highest BCUT2D eigenvalue weighted by molar-refractivity contribution is 6.26. The molecule has 0 amide bonds. The molecule has 0 atom stereocenters. The maximum atomic E-state index is 5.28. The van der Waals surface area contributed by atoms with Crippen LogP contribution in [-0.2, 0) is 0 Å². The Balaban J connectivity index is 1.23. The van der Waals surface area contributed by atoms with Gasteiger partial charge in [-0.25, -0.2) is 0 Å². The zero-order chi connectivity index (χ0) is 30.5. The van der Waals surface area contributed by atoms with Gasteiger partial charge in [0.05, 0.1) is 22.1 Å². The third-order valence-corrected chi connectivity index (χ3v) is 9.69. The van der Waals surface area contributed by atoms with Crippen LogP contribution >= 0.6 is 0 Å². The maximum absolute atomic E-state index is 5.28. The Hall–Kier alpha value is -6.00. The highest BCUT2D eigenvalue weighted by atomic mass is 14.7. The van der Waals surface area contributed by atoms with Crippen molar-refractivity contribution >= 4 is 75.9 Å². The van der Waals surface area contributed by atoms with Gasteiger partial charge in [0.15, 0.2) is 0 Å². The Morgan fingerprint density at radius 3 is 1.46 bits per heavy atom. The summed E-state index contributed by atoms with van der Waals surface area (Å²) >= 11 is 0. The van der Waals surface area contributed by atoms with Crippen molar-refractivity contribution in [3.05, 3.63) is 133 Å². The molecular weight excluding hydrogens is 560 g/mol. The Morgan fingerprint density at radius 2 is 0.891 bits per heavy atom. The number of rotatable bonds is 2. The molecule has 10 rings (SSSR count). The van der Waals surface area contributed by atoms with Crippen LogP contribution in [0.25, 0.3) is 98.2 Å². The minimum absolute atomic E-state index is 1.00. The molecule has 0 radical (unpaired) electrons. The first-order valence-electron chi connectivity index (χ1n) is 15.6. The van der Waals surface area contributed by atoms with E-state index in [0.717, 1.165) is 77.3 Å². The third kappa shape index (κ3) is 3.61. The predicted molar refractivity (Wildman–Crippen MR) is 192 cm³/mol. The summed E-state index contributed by atoms with van der Waals surface area (Å²) in [7, 11) is 0. The first kappa shape index (κ1) is 25.3. The number of pyridine rings is 4. The maximum Gasteiger partial charge on any atom is 0.0797 e. The van der Waals surface area contributed by atoms with Gasteiger partial charge in [-0.15, -0.1) is 0 Å². The number of hydrogen-bond acceptors (Lipinski definition) is 4. The molecule has 0 aliphatic carbocycles. The molecule has 0 N–H and O–H groups in total. The molecule has 4 nitrogen and oxygen atoms in total. The predicted octanol–water partition coefficient (Wildman–Crippen LogP) is 10.7. The second-order valence-electron chi connectivity index (χ2n) is 12.4. The van der Waals surface area contributed by atoms with Crippen LogP contribution in [0.4, 0.5) is 0 Å². The minimum Gasteiger partial charge on any atom is -0.256 e. The van der Waals surface area contributed by atoms with Crippen molar-refractivity contribution in [1.29, 1.82) is 0 Å². The van der Waals surface area contributed by atoms with Gasteiger partial charge in [0.2, 0.25) is 0 Å². The molecule has 46 heavy (non-hydrogen) atoms. The topological polar surface area (TPSA) is 51.6 Å².